The lowest BCUT2D eigenvalue weighted by atomic mass is 9.75. The van der Waals surface area contributed by atoms with Gasteiger partial charge in [0.25, 0.3) is 0 Å². The summed E-state index contributed by atoms with van der Waals surface area (Å²) in [5, 5.41) is 4.08. The zero-order valence-corrected chi connectivity index (χ0v) is 10.1. The third-order valence-corrected chi connectivity index (χ3v) is 3.84. The fourth-order valence-electron chi connectivity index (χ4n) is 2.85. The van der Waals surface area contributed by atoms with Gasteiger partial charge in [-0.1, -0.05) is 26.2 Å². The summed E-state index contributed by atoms with van der Waals surface area (Å²) in [5.74, 6) is 1.11. The number of aromatic nitrogens is 2. The molecule has 0 aromatic carbocycles. The van der Waals surface area contributed by atoms with E-state index in [0.29, 0.717) is 11.7 Å². The van der Waals surface area contributed by atoms with E-state index in [-0.39, 0.29) is 5.92 Å². The number of carbonyl (C=O) groups is 1. The Kier molecular flexibility index (Phi) is 3.42. The summed E-state index contributed by atoms with van der Waals surface area (Å²) < 4.78 is 1.70. The maximum absolute atomic E-state index is 12.4. The molecular weight excluding hydrogens is 200 g/mol. The fraction of sp³-hybridized carbons (Fsp3) is 0.692. The van der Waals surface area contributed by atoms with E-state index in [0.717, 1.165) is 18.5 Å². The molecule has 2 atom stereocenters. The monoisotopic (exact) mass is 220 g/mol. The van der Waals surface area contributed by atoms with Crippen LogP contribution in [0.25, 0.3) is 0 Å². The number of hydrogen-bond acceptors (Lipinski definition) is 2. The Morgan fingerprint density at radius 2 is 2.25 bits per heavy atom. The van der Waals surface area contributed by atoms with Gasteiger partial charge in [0.05, 0.1) is 0 Å². The molecule has 0 radical (unpaired) electrons. The average Bonchev–Trinajstić information content (AvgIpc) is 2.74. The molecule has 1 saturated carbocycles. The minimum Gasteiger partial charge on any atom is -0.292 e. The van der Waals surface area contributed by atoms with Crippen LogP contribution in [0.2, 0.25) is 0 Å². The highest BCUT2D eigenvalue weighted by atomic mass is 16.1. The van der Waals surface area contributed by atoms with Crippen LogP contribution in [0.1, 0.15) is 49.5 Å². The van der Waals surface area contributed by atoms with Gasteiger partial charge in [-0.15, -0.1) is 0 Å². The quantitative estimate of drug-likeness (QED) is 0.734. The Hall–Kier alpha value is -1.12. The van der Waals surface area contributed by atoms with Crippen LogP contribution in [0.3, 0.4) is 0 Å². The molecule has 1 fully saturated rings. The molecule has 2 unspecified atom stereocenters. The third-order valence-electron chi connectivity index (χ3n) is 3.84. The second kappa shape index (κ2) is 4.81. The highest BCUT2D eigenvalue weighted by Crippen LogP contribution is 2.34. The Balaban J connectivity index is 2.17. The van der Waals surface area contributed by atoms with E-state index < -0.39 is 0 Å². The van der Waals surface area contributed by atoms with Gasteiger partial charge in [-0.2, -0.15) is 5.10 Å². The summed E-state index contributed by atoms with van der Waals surface area (Å²) in [6, 6.07) is 1.84. The van der Waals surface area contributed by atoms with Crippen molar-refractivity contribution in [3.8, 4) is 0 Å². The van der Waals surface area contributed by atoms with E-state index in [1.165, 1.54) is 19.3 Å². The number of aryl methyl sites for hydroxylation is 1. The molecule has 1 heterocycles. The topological polar surface area (TPSA) is 34.9 Å². The molecular formula is C13H20N2O. The minimum atomic E-state index is 0.231. The number of hydrogen-bond donors (Lipinski definition) is 0. The van der Waals surface area contributed by atoms with E-state index >= 15 is 0 Å². The van der Waals surface area contributed by atoms with Crippen molar-refractivity contribution in [2.24, 2.45) is 18.9 Å². The Labute approximate surface area is 96.8 Å². The molecule has 1 aliphatic carbocycles. The van der Waals surface area contributed by atoms with Crippen LogP contribution in [-0.4, -0.2) is 15.6 Å². The average molecular weight is 220 g/mol. The third kappa shape index (κ3) is 2.04. The first-order chi connectivity index (χ1) is 7.74. The lowest BCUT2D eigenvalue weighted by Gasteiger charge is -2.29. The van der Waals surface area contributed by atoms with Crippen LogP contribution >= 0.6 is 0 Å². The summed E-state index contributed by atoms with van der Waals surface area (Å²) in [7, 11) is 1.84. The lowest BCUT2D eigenvalue weighted by Crippen LogP contribution is -2.28. The maximum atomic E-state index is 12.4. The molecule has 3 nitrogen and oxygen atoms in total. The highest BCUT2D eigenvalue weighted by molar-refractivity contribution is 5.96. The van der Waals surface area contributed by atoms with Crippen LogP contribution in [0.4, 0.5) is 0 Å². The van der Waals surface area contributed by atoms with Crippen LogP contribution < -0.4 is 0 Å². The van der Waals surface area contributed by atoms with Crippen molar-refractivity contribution in [3.63, 3.8) is 0 Å². The molecule has 16 heavy (non-hydrogen) atoms. The fourth-order valence-corrected chi connectivity index (χ4v) is 2.85. The summed E-state index contributed by atoms with van der Waals surface area (Å²) >= 11 is 0. The predicted octanol–water partition coefficient (Wildman–Crippen LogP) is 2.82. The largest absolute Gasteiger partial charge is 0.292 e. The Bertz CT molecular complexity index is 370. The highest BCUT2D eigenvalue weighted by Gasteiger charge is 2.31. The van der Waals surface area contributed by atoms with Crippen molar-refractivity contribution < 1.29 is 4.79 Å². The van der Waals surface area contributed by atoms with E-state index in [9.17, 15) is 4.79 Å². The van der Waals surface area contributed by atoms with Crippen LogP contribution in [0.15, 0.2) is 12.3 Å². The molecule has 0 bridgehead atoms. The van der Waals surface area contributed by atoms with Crippen LogP contribution in [-0.2, 0) is 7.05 Å². The Morgan fingerprint density at radius 1 is 1.50 bits per heavy atom. The van der Waals surface area contributed by atoms with Crippen LogP contribution in [0.5, 0.6) is 0 Å². The summed E-state index contributed by atoms with van der Waals surface area (Å²) in [6.45, 7) is 2.19. The number of Topliss-reactive ketones (excluding diaryl/α,β-unsaturated/α-hetero) is 1. The zero-order chi connectivity index (χ0) is 11.5. The first-order valence-electron chi connectivity index (χ1n) is 6.26. The number of ketones is 1. The van der Waals surface area contributed by atoms with E-state index in [4.69, 9.17) is 0 Å². The molecule has 1 aliphatic rings. The molecule has 0 amide bonds. The predicted molar refractivity (Wildman–Crippen MR) is 63.3 cm³/mol. The molecule has 0 N–H and O–H groups in total. The molecule has 0 saturated heterocycles. The zero-order valence-electron chi connectivity index (χ0n) is 10.1. The molecule has 0 aliphatic heterocycles. The molecule has 3 heteroatoms. The molecule has 2 rings (SSSR count). The van der Waals surface area contributed by atoms with Gasteiger partial charge in [-0.05, 0) is 24.8 Å². The summed E-state index contributed by atoms with van der Waals surface area (Å²) in [6.07, 6.45) is 7.58. The second-order valence-corrected chi connectivity index (χ2v) is 4.76. The van der Waals surface area contributed by atoms with Crippen molar-refractivity contribution in [1.29, 1.82) is 0 Å². The SMILES string of the molecule is CCC1CCCCC1C(=O)c1ccnn1C. The standard InChI is InChI=1S/C13H20N2O/c1-3-10-6-4-5-7-11(10)13(16)12-8-9-14-15(12)2/h8-11H,3-7H2,1-2H3. The maximum Gasteiger partial charge on any atom is 0.184 e. The lowest BCUT2D eigenvalue weighted by molar-refractivity contribution is 0.0810. The first kappa shape index (κ1) is 11.4. The summed E-state index contributed by atoms with van der Waals surface area (Å²) in [5.41, 5.74) is 0.769. The molecule has 1 aromatic heterocycles. The molecule has 1 aromatic rings. The van der Waals surface area contributed by atoms with Crippen molar-refractivity contribution in [2.75, 3.05) is 0 Å². The van der Waals surface area contributed by atoms with Gasteiger partial charge in [0, 0.05) is 19.2 Å². The summed E-state index contributed by atoms with van der Waals surface area (Å²) in [4.78, 5) is 12.4. The number of carbonyl (C=O) groups excluding carboxylic acids is 1. The van der Waals surface area contributed by atoms with Gasteiger partial charge < -0.3 is 0 Å². The van der Waals surface area contributed by atoms with E-state index in [1.54, 1.807) is 10.9 Å². The number of nitrogens with zero attached hydrogens (tertiary/aromatic N) is 2. The smallest absolute Gasteiger partial charge is 0.184 e. The van der Waals surface area contributed by atoms with Gasteiger partial charge >= 0.3 is 0 Å². The second-order valence-electron chi connectivity index (χ2n) is 4.76. The number of rotatable bonds is 3. The van der Waals surface area contributed by atoms with E-state index in [1.807, 2.05) is 13.1 Å². The van der Waals surface area contributed by atoms with Gasteiger partial charge in [-0.3, -0.25) is 9.48 Å². The van der Waals surface area contributed by atoms with Crippen LogP contribution in [0, 0.1) is 11.8 Å². The molecule has 0 spiro atoms. The Morgan fingerprint density at radius 3 is 2.88 bits per heavy atom. The van der Waals surface area contributed by atoms with Gasteiger partial charge in [-0.25, -0.2) is 0 Å². The normalized spacial score (nSPS) is 25.6. The van der Waals surface area contributed by atoms with Gasteiger partial charge in [0.2, 0.25) is 0 Å². The van der Waals surface area contributed by atoms with Crippen molar-refractivity contribution >= 4 is 5.78 Å². The molecule has 88 valence electrons. The van der Waals surface area contributed by atoms with Crippen molar-refractivity contribution in [2.45, 2.75) is 39.0 Å². The van der Waals surface area contributed by atoms with Gasteiger partial charge in [0.1, 0.15) is 5.69 Å². The minimum absolute atomic E-state index is 0.231. The van der Waals surface area contributed by atoms with E-state index in [2.05, 4.69) is 12.0 Å². The first-order valence-corrected chi connectivity index (χ1v) is 6.26. The van der Waals surface area contributed by atoms with Crippen molar-refractivity contribution in [3.05, 3.63) is 18.0 Å². The van der Waals surface area contributed by atoms with Crippen molar-refractivity contribution in [1.82, 2.24) is 9.78 Å². The van der Waals surface area contributed by atoms with Gasteiger partial charge in [0.15, 0.2) is 5.78 Å².